The molecule has 0 amide bonds. The molecule has 0 aliphatic heterocycles. The third-order valence-corrected chi connectivity index (χ3v) is 13.0. The molecule has 45 heavy (non-hydrogen) atoms. The second-order valence-electron chi connectivity index (χ2n) is 11.7. The Hall–Kier alpha value is -3.14. The third-order valence-electron chi connectivity index (χ3n) is 8.50. The lowest BCUT2D eigenvalue weighted by Crippen LogP contribution is -3.00. The Bertz CT molecular complexity index is 1290. The van der Waals surface area contributed by atoms with E-state index in [1.807, 2.05) is 0 Å². The molecule has 4 nitrogen and oxygen atoms in total. The molecule has 2 N–H and O–H groups in total. The lowest BCUT2D eigenvalue weighted by atomic mass is 10.1. The average molecular weight is 692 g/mol. The molecule has 0 saturated heterocycles. The summed E-state index contributed by atoms with van der Waals surface area (Å²) in [6, 6.07) is 36.7. The molecule has 0 aliphatic rings. The Balaban J connectivity index is 0.00000552. The number of benzene rings is 4. The van der Waals surface area contributed by atoms with E-state index in [2.05, 4.69) is 91.0 Å². The maximum Gasteiger partial charge on any atom is 0.339 e. The van der Waals surface area contributed by atoms with Crippen molar-refractivity contribution in [3.05, 3.63) is 114 Å². The van der Waals surface area contributed by atoms with E-state index in [1.165, 1.54) is 85.9 Å². The first-order valence-electron chi connectivity index (χ1n) is 16.3. The lowest BCUT2D eigenvalue weighted by Gasteiger charge is -2.27. The summed E-state index contributed by atoms with van der Waals surface area (Å²) in [5.41, 5.74) is 0.448. The first-order valence-corrected chi connectivity index (χ1v) is 18.2. The standard InChI is InChI=1S/C39H47O4P.BrH/c1-32-30-33(31-37(40)38(32)39(41)42)43-28-20-9-7-5-3-2-4-6-8-10-21-29-44(34-22-14-11-15-23-34,35-24-16-12-17-25-35)36-26-18-13-19-27-36;/h11-19,22-27,30-31H,2-10,20-21,28-29H2,1H3,(H-,40,41,42);1H. The van der Waals surface area contributed by atoms with E-state index in [-0.39, 0.29) is 28.3 Å². The van der Waals surface area contributed by atoms with Crippen LogP contribution in [0.4, 0.5) is 0 Å². The topological polar surface area (TPSA) is 66.8 Å². The van der Waals surface area contributed by atoms with E-state index in [4.69, 9.17) is 4.74 Å². The Morgan fingerprint density at radius 3 is 1.42 bits per heavy atom. The summed E-state index contributed by atoms with van der Waals surface area (Å²) < 4.78 is 5.74. The van der Waals surface area contributed by atoms with Gasteiger partial charge in [-0.2, -0.15) is 0 Å². The number of aromatic carboxylic acids is 1. The van der Waals surface area contributed by atoms with Crippen LogP contribution in [0.2, 0.25) is 0 Å². The van der Waals surface area contributed by atoms with Crippen molar-refractivity contribution in [3.63, 3.8) is 0 Å². The number of phenols is 1. The summed E-state index contributed by atoms with van der Waals surface area (Å²) >= 11 is 0. The predicted molar refractivity (Wildman–Crippen MR) is 186 cm³/mol. The molecular formula is C39H48BrO4P. The first kappa shape index (κ1) is 36.3. The molecule has 4 aromatic carbocycles. The maximum atomic E-state index is 11.2. The lowest BCUT2D eigenvalue weighted by molar-refractivity contribution is -0.0000269. The van der Waals surface area contributed by atoms with Crippen LogP contribution < -0.4 is 37.6 Å². The number of unbranched alkanes of at least 4 members (excludes halogenated alkanes) is 10. The molecule has 0 fully saturated rings. The molecule has 0 atom stereocenters. The van der Waals surface area contributed by atoms with Crippen LogP contribution >= 0.6 is 7.26 Å². The fourth-order valence-corrected chi connectivity index (χ4v) is 10.6. The van der Waals surface area contributed by atoms with Crippen molar-refractivity contribution in [2.24, 2.45) is 0 Å². The number of aromatic hydroxyl groups is 1. The van der Waals surface area contributed by atoms with Gasteiger partial charge in [-0.05, 0) is 74.2 Å². The second-order valence-corrected chi connectivity index (χ2v) is 15.3. The van der Waals surface area contributed by atoms with Crippen molar-refractivity contribution in [2.45, 2.75) is 77.6 Å². The van der Waals surface area contributed by atoms with Crippen LogP contribution in [-0.2, 0) is 0 Å². The van der Waals surface area contributed by atoms with Crippen molar-refractivity contribution in [3.8, 4) is 11.5 Å². The highest BCUT2D eigenvalue weighted by atomic mass is 79.9. The zero-order valence-electron chi connectivity index (χ0n) is 26.5. The van der Waals surface area contributed by atoms with Crippen LogP contribution in [0.25, 0.3) is 0 Å². The third kappa shape index (κ3) is 10.4. The van der Waals surface area contributed by atoms with Gasteiger partial charge in [0.2, 0.25) is 0 Å². The van der Waals surface area contributed by atoms with E-state index in [0.29, 0.717) is 17.9 Å². The molecular weight excluding hydrogens is 643 g/mol. The largest absolute Gasteiger partial charge is 1.00 e. The summed E-state index contributed by atoms with van der Waals surface area (Å²) in [4.78, 5) is 11.2. The van der Waals surface area contributed by atoms with Crippen molar-refractivity contribution in [1.29, 1.82) is 0 Å². The SMILES string of the molecule is Cc1cc(OCCCCCCCCCCCCC[P+](c2ccccc2)(c2ccccc2)c2ccccc2)cc(O)c1C(=O)O.[Br-]. The molecule has 4 rings (SSSR count). The van der Waals surface area contributed by atoms with Gasteiger partial charge in [0.15, 0.2) is 0 Å². The molecule has 0 spiro atoms. The highest BCUT2D eigenvalue weighted by Crippen LogP contribution is 2.56. The van der Waals surface area contributed by atoms with E-state index < -0.39 is 13.2 Å². The monoisotopic (exact) mass is 690 g/mol. The van der Waals surface area contributed by atoms with Gasteiger partial charge < -0.3 is 31.9 Å². The van der Waals surface area contributed by atoms with E-state index in [1.54, 1.807) is 13.0 Å². The van der Waals surface area contributed by atoms with Gasteiger partial charge in [0.05, 0.1) is 12.8 Å². The molecule has 0 aromatic heterocycles. The van der Waals surface area contributed by atoms with E-state index in [0.717, 1.165) is 12.8 Å². The Kier molecular flexibility index (Phi) is 15.7. The molecule has 0 saturated carbocycles. The summed E-state index contributed by atoms with van der Waals surface area (Å²) in [6.45, 7) is 2.25. The highest BCUT2D eigenvalue weighted by molar-refractivity contribution is 7.95. The van der Waals surface area contributed by atoms with Crippen LogP contribution in [0, 0.1) is 6.92 Å². The van der Waals surface area contributed by atoms with Crippen molar-refractivity contribution in [2.75, 3.05) is 12.8 Å². The van der Waals surface area contributed by atoms with Crippen LogP contribution in [0.3, 0.4) is 0 Å². The molecule has 0 aliphatic carbocycles. The van der Waals surface area contributed by atoms with Crippen LogP contribution in [0.1, 0.15) is 86.6 Å². The zero-order valence-corrected chi connectivity index (χ0v) is 29.0. The van der Waals surface area contributed by atoms with Crippen molar-refractivity contribution >= 4 is 29.1 Å². The number of hydrogen-bond donors (Lipinski definition) is 2. The van der Waals surface area contributed by atoms with Crippen LogP contribution in [0.15, 0.2) is 103 Å². The first-order chi connectivity index (χ1) is 21.5. The number of ether oxygens (including phenoxy) is 1. The average Bonchev–Trinajstić information content (AvgIpc) is 3.04. The Labute approximate surface area is 281 Å². The minimum absolute atomic E-state index is 0. The number of rotatable bonds is 19. The van der Waals surface area contributed by atoms with Gasteiger partial charge >= 0.3 is 5.97 Å². The minimum atomic E-state index is -1.70. The number of halogens is 1. The van der Waals surface area contributed by atoms with Gasteiger partial charge in [-0.25, -0.2) is 4.79 Å². The number of carboxylic acids is 1. The van der Waals surface area contributed by atoms with Crippen molar-refractivity contribution in [1.82, 2.24) is 0 Å². The van der Waals surface area contributed by atoms with Crippen LogP contribution in [0.5, 0.6) is 11.5 Å². The highest BCUT2D eigenvalue weighted by Gasteiger charge is 2.44. The minimum Gasteiger partial charge on any atom is -1.00 e. The van der Waals surface area contributed by atoms with Gasteiger partial charge in [0, 0.05) is 6.07 Å². The Morgan fingerprint density at radius 2 is 1.02 bits per heavy atom. The predicted octanol–water partition coefficient (Wildman–Crippen LogP) is 6.07. The van der Waals surface area contributed by atoms with Crippen LogP contribution in [-0.4, -0.2) is 29.0 Å². The van der Waals surface area contributed by atoms with E-state index in [9.17, 15) is 15.0 Å². The van der Waals surface area contributed by atoms with Gasteiger partial charge in [0.1, 0.15) is 40.2 Å². The summed E-state index contributed by atoms with van der Waals surface area (Å²) in [7, 11) is -1.70. The fraction of sp³-hybridized carbons (Fsp3) is 0.359. The summed E-state index contributed by atoms with van der Waals surface area (Å²) in [5.74, 6) is -0.841. The molecule has 4 aromatic rings. The number of carboxylic acid groups (broad SMARTS) is 1. The number of carbonyl (C=O) groups is 1. The quantitative estimate of drug-likeness (QED) is 0.0927. The maximum absolute atomic E-state index is 11.2. The zero-order chi connectivity index (χ0) is 31.0. The van der Waals surface area contributed by atoms with E-state index >= 15 is 0 Å². The molecule has 6 heteroatoms. The van der Waals surface area contributed by atoms with Gasteiger partial charge in [0.25, 0.3) is 0 Å². The van der Waals surface area contributed by atoms with Gasteiger partial charge in [-0.15, -0.1) is 0 Å². The molecule has 0 radical (unpaired) electrons. The molecule has 240 valence electrons. The second kappa shape index (κ2) is 19.4. The number of hydrogen-bond acceptors (Lipinski definition) is 3. The summed E-state index contributed by atoms with van der Waals surface area (Å²) in [6.07, 6.45) is 14.8. The molecule has 0 heterocycles. The smallest absolute Gasteiger partial charge is 0.339 e. The number of aryl methyl sites for hydroxylation is 1. The normalized spacial score (nSPS) is 11.1. The molecule has 0 bridgehead atoms. The van der Waals surface area contributed by atoms with Gasteiger partial charge in [-0.1, -0.05) is 106 Å². The molecule has 0 unspecified atom stereocenters. The van der Waals surface area contributed by atoms with Gasteiger partial charge in [-0.3, -0.25) is 0 Å². The fourth-order valence-electron chi connectivity index (χ4n) is 6.21. The summed E-state index contributed by atoms with van der Waals surface area (Å²) in [5, 5.41) is 23.6. The Morgan fingerprint density at radius 1 is 0.622 bits per heavy atom. The van der Waals surface area contributed by atoms with Crippen molar-refractivity contribution < 1.29 is 36.7 Å².